The maximum Gasteiger partial charge on any atom is 0.337 e. The first kappa shape index (κ1) is 13.9. The number of aryl methyl sites for hydroxylation is 3. The molecule has 2 aromatic rings. The number of aromatic carboxylic acids is 1. The zero-order valence-corrected chi connectivity index (χ0v) is 11.5. The number of hydrogen-bond donors (Lipinski definition) is 2. The van der Waals surface area contributed by atoms with Crippen LogP contribution in [0.5, 0.6) is 0 Å². The number of carboxylic acids is 1. The van der Waals surface area contributed by atoms with Gasteiger partial charge in [0.25, 0.3) is 5.91 Å². The highest BCUT2D eigenvalue weighted by atomic mass is 16.4. The minimum absolute atomic E-state index is 0.0659. The summed E-state index contributed by atoms with van der Waals surface area (Å²) in [6, 6.07) is 6.47. The van der Waals surface area contributed by atoms with Crippen LogP contribution in [0.4, 0.5) is 5.69 Å². The van der Waals surface area contributed by atoms with E-state index in [0.29, 0.717) is 28.3 Å². The van der Waals surface area contributed by atoms with Crippen LogP contribution in [0.2, 0.25) is 0 Å². The average molecular weight is 273 g/mol. The summed E-state index contributed by atoms with van der Waals surface area (Å²) in [5.41, 5.74) is 1.47. The maximum atomic E-state index is 12.2. The number of benzene rings is 1. The molecule has 2 N–H and O–H groups in total. The Morgan fingerprint density at radius 1 is 1.15 bits per heavy atom. The summed E-state index contributed by atoms with van der Waals surface area (Å²) < 4.78 is 5.30. The van der Waals surface area contributed by atoms with Crippen LogP contribution in [-0.2, 0) is 0 Å². The Labute approximate surface area is 116 Å². The van der Waals surface area contributed by atoms with Gasteiger partial charge < -0.3 is 14.8 Å². The minimum Gasteiger partial charge on any atom is -0.478 e. The maximum absolute atomic E-state index is 12.2. The van der Waals surface area contributed by atoms with Gasteiger partial charge in [0.2, 0.25) is 0 Å². The van der Waals surface area contributed by atoms with E-state index < -0.39 is 5.97 Å². The summed E-state index contributed by atoms with van der Waals surface area (Å²) in [7, 11) is 0. The molecule has 0 spiro atoms. The van der Waals surface area contributed by atoms with Crippen LogP contribution < -0.4 is 5.32 Å². The molecule has 5 nitrogen and oxygen atoms in total. The second kappa shape index (κ2) is 5.21. The van der Waals surface area contributed by atoms with Gasteiger partial charge in [0, 0.05) is 0 Å². The van der Waals surface area contributed by atoms with Crippen molar-refractivity contribution in [1.29, 1.82) is 0 Å². The average Bonchev–Trinajstić information content (AvgIpc) is 2.70. The predicted molar refractivity (Wildman–Crippen MR) is 74.3 cm³/mol. The first-order valence-corrected chi connectivity index (χ1v) is 6.11. The number of carbonyl (C=O) groups excluding carboxylic acids is 1. The second-order valence-corrected chi connectivity index (χ2v) is 4.58. The van der Waals surface area contributed by atoms with Crippen molar-refractivity contribution in [2.24, 2.45) is 0 Å². The Kier molecular flexibility index (Phi) is 3.61. The van der Waals surface area contributed by atoms with Gasteiger partial charge in [-0.25, -0.2) is 4.79 Å². The fourth-order valence-electron chi connectivity index (χ4n) is 2.05. The largest absolute Gasteiger partial charge is 0.478 e. The molecular formula is C15H15NO4. The van der Waals surface area contributed by atoms with Gasteiger partial charge in [-0.3, -0.25) is 4.79 Å². The molecule has 5 heteroatoms. The summed E-state index contributed by atoms with van der Waals surface area (Å²) in [5.74, 6) is -0.318. The van der Waals surface area contributed by atoms with Crippen molar-refractivity contribution >= 4 is 17.6 Å². The molecule has 1 amide bonds. The van der Waals surface area contributed by atoms with Crippen molar-refractivity contribution in [3.05, 3.63) is 52.5 Å². The van der Waals surface area contributed by atoms with Crippen molar-refractivity contribution in [1.82, 2.24) is 0 Å². The fraction of sp³-hybridized carbons (Fsp3) is 0.200. The number of para-hydroxylation sites is 1. The summed E-state index contributed by atoms with van der Waals surface area (Å²) in [5, 5.41) is 11.8. The lowest BCUT2D eigenvalue weighted by Gasteiger charge is -2.11. The Bertz CT molecular complexity index is 685. The Balaban J connectivity index is 2.37. The highest BCUT2D eigenvalue weighted by Crippen LogP contribution is 2.23. The van der Waals surface area contributed by atoms with Gasteiger partial charge in [0.05, 0.1) is 16.8 Å². The van der Waals surface area contributed by atoms with Crippen molar-refractivity contribution in [3.63, 3.8) is 0 Å². The molecule has 0 aliphatic carbocycles. The van der Waals surface area contributed by atoms with E-state index in [1.807, 2.05) is 0 Å². The van der Waals surface area contributed by atoms with Crippen molar-refractivity contribution in [3.8, 4) is 0 Å². The number of amides is 1. The molecule has 104 valence electrons. The highest BCUT2D eigenvalue weighted by molar-refractivity contribution is 6.08. The third-order valence-electron chi connectivity index (χ3n) is 3.03. The summed E-state index contributed by atoms with van der Waals surface area (Å²) in [6.07, 6.45) is 0. The number of hydrogen-bond acceptors (Lipinski definition) is 3. The summed E-state index contributed by atoms with van der Waals surface area (Å²) in [6.45, 7) is 5.19. The lowest BCUT2D eigenvalue weighted by molar-refractivity contribution is 0.0698. The van der Waals surface area contributed by atoms with Gasteiger partial charge in [-0.1, -0.05) is 12.1 Å². The number of carbonyl (C=O) groups is 2. The van der Waals surface area contributed by atoms with Crippen LogP contribution in [0, 0.1) is 20.8 Å². The van der Waals surface area contributed by atoms with E-state index in [1.165, 1.54) is 6.07 Å². The fourth-order valence-corrected chi connectivity index (χ4v) is 2.05. The predicted octanol–water partition coefficient (Wildman–Crippen LogP) is 3.16. The van der Waals surface area contributed by atoms with Crippen LogP contribution in [0.25, 0.3) is 0 Å². The minimum atomic E-state index is -1.08. The molecule has 2 rings (SSSR count). The number of furan rings is 1. The monoisotopic (exact) mass is 273 g/mol. The van der Waals surface area contributed by atoms with Crippen LogP contribution in [0.15, 0.2) is 28.7 Å². The van der Waals surface area contributed by atoms with Gasteiger partial charge in [-0.05, 0) is 38.5 Å². The van der Waals surface area contributed by atoms with Crippen molar-refractivity contribution < 1.29 is 19.1 Å². The summed E-state index contributed by atoms with van der Waals surface area (Å²) >= 11 is 0. The molecule has 20 heavy (non-hydrogen) atoms. The number of nitrogens with one attached hydrogen (secondary N) is 1. The smallest absolute Gasteiger partial charge is 0.337 e. The van der Waals surface area contributed by atoms with Gasteiger partial charge in [0.15, 0.2) is 0 Å². The molecule has 1 heterocycles. The second-order valence-electron chi connectivity index (χ2n) is 4.58. The molecule has 0 bridgehead atoms. The van der Waals surface area contributed by atoms with Gasteiger partial charge in [0.1, 0.15) is 11.5 Å². The molecule has 1 aromatic heterocycles. The Morgan fingerprint density at radius 3 is 2.40 bits per heavy atom. The molecular weight excluding hydrogens is 258 g/mol. The van der Waals surface area contributed by atoms with Crippen LogP contribution in [0.1, 0.15) is 37.8 Å². The molecule has 0 saturated carbocycles. The Morgan fingerprint density at radius 2 is 1.85 bits per heavy atom. The van der Waals surface area contributed by atoms with E-state index in [0.717, 1.165) is 0 Å². The molecule has 0 saturated heterocycles. The van der Waals surface area contributed by atoms with Gasteiger partial charge in [-0.2, -0.15) is 0 Å². The van der Waals surface area contributed by atoms with Crippen molar-refractivity contribution in [2.45, 2.75) is 20.8 Å². The van der Waals surface area contributed by atoms with E-state index in [-0.39, 0.29) is 11.5 Å². The lowest BCUT2D eigenvalue weighted by atomic mass is 10.1. The van der Waals surface area contributed by atoms with Gasteiger partial charge >= 0.3 is 5.97 Å². The van der Waals surface area contributed by atoms with E-state index in [9.17, 15) is 9.59 Å². The first-order chi connectivity index (χ1) is 9.40. The van der Waals surface area contributed by atoms with Crippen LogP contribution in [0.3, 0.4) is 0 Å². The van der Waals surface area contributed by atoms with Crippen LogP contribution in [-0.4, -0.2) is 17.0 Å². The van der Waals surface area contributed by atoms with E-state index in [1.54, 1.807) is 39.0 Å². The number of carboxylic acid groups (broad SMARTS) is 1. The Hall–Kier alpha value is -2.56. The van der Waals surface area contributed by atoms with E-state index >= 15 is 0 Å². The quantitative estimate of drug-likeness (QED) is 0.900. The topological polar surface area (TPSA) is 79.5 Å². The molecule has 0 atom stereocenters. The first-order valence-electron chi connectivity index (χ1n) is 6.11. The molecule has 0 fully saturated rings. The van der Waals surface area contributed by atoms with Crippen molar-refractivity contribution in [2.75, 3.05) is 5.32 Å². The third-order valence-corrected chi connectivity index (χ3v) is 3.03. The molecule has 1 aromatic carbocycles. The zero-order chi connectivity index (χ0) is 14.9. The lowest BCUT2D eigenvalue weighted by Crippen LogP contribution is -2.16. The standard InChI is InChI=1S/C15H15NO4/c1-8-5-4-6-11(15(18)19)13(8)16-14(17)12-7-9(2)20-10(12)3/h4-7H,1-3H3,(H,16,17)(H,18,19). The molecule has 0 radical (unpaired) electrons. The van der Waals surface area contributed by atoms with E-state index in [2.05, 4.69) is 5.32 Å². The van der Waals surface area contributed by atoms with Crippen LogP contribution >= 0.6 is 0 Å². The number of rotatable bonds is 3. The number of anilines is 1. The SMILES string of the molecule is Cc1cc(C(=O)Nc2c(C)cccc2C(=O)O)c(C)o1. The molecule has 0 unspecified atom stereocenters. The molecule has 0 aliphatic heterocycles. The highest BCUT2D eigenvalue weighted by Gasteiger charge is 2.18. The van der Waals surface area contributed by atoms with Gasteiger partial charge in [-0.15, -0.1) is 0 Å². The molecule has 0 aliphatic rings. The normalized spacial score (nSPS) is 10.3. The zero-order valence-electron chi connectivity index (χ0n) is 11.5. The van der Waals surface area contributed by atoms with E-state index in [4.69, 9.17) is 9.52 Å². The summed E-state index contributed by atoms with van der Waals surface area (Å²) in [4.78, 5) is 23.4. The third kappa shape index (κ3) is 2.56.